The van der Waals surface area contributed by atoms with Crippen molar-refractivity contribution >= 4 is 28.8 Å². The first kappa shape index (κ1) is 23.9. The van der Waals surface area contributed by atoms with Gasteiger partial charge in [-0.2, -0.15) is 18.3 Å². The van der Waals surface area contributed by atoms with Crippen molar-refractivity contribution in [2.75, 3.05) is 19.7 Å². The number of rotatable bonds is 8. The Bertz CT molecular complexity index is 822. The Kier molecular flexibility index (Phi) is 8.47. The third-order valence-corrected chi connectivity index (χ3v) is 4.78. The molecule has 1 aromatic heterocycles. The predicted molar refractivity (Wildman–Crippen MR) is 100 cm³/mol. The number of carbonyl (C=O) groups excluding carboxylic acids is 3. The summed E-state index contributed by atoms with van der Waals surface area (Å²) in [6, 6.07) is 0. The maximum Gasteiger partial charge on any atom is 0.492 e. The van der Waals surface area contributed by atoms with E-state index in [4.69, 9.17) is 4.74 Å². The van der Waals surface area contributed by atoms with Crippen LogP contribution in [0.1, 0.15) is 32.4 Å². The fraction of sp³-hybridized carbons (Fsp3) is 0.556. The molecule has 0 aromatic carbocycles. The van der Waals surface area contributed by atoms with Crippen molar-refractivity contribution in [1.29, 1.82) is 0 Å². The van der Waals surface area contributed by atoms with Crippen LogP contribution in [-0.4, -0.2) is 57.8 Å². The van der Waals surface area contributed by atoms with Gasteiger partial charge in [-0.1, -0.05) is 11.6 Å². The molecule has 2 heterocycles. The van der Waals surface area contributed by atoms with Crippen LogP contribution in [-0.2, 0) is 36.9 Å². The molecule has 0 unspecified atom stereocenters. The Hall–Kier alpha value is -2.34. The van der Waals surface area contributed by atoms with Gasteiger partial charge in [-0.3, -0.25) is 14.3 Å². The maximum atomic E-state index is 12.4. The molecular formula is C18H22F3N3O5S. The van der Waals surface area contributed by atoms with Gasteiger partial charge in [0.1, 0.15) is 0 Å². The summed E-state index contributed by atoms with van der Waals surface area (Å²) in [5, 5.41) is 5.21. The lowest BCUT2D eigenvalue weighted by molar-refractivity contribution is -0.237. The first-order valence-corrected chi connectivity index (χ1v) is 10.0. The zero-order chi connectivity index (χ0) is 22.3. The number of nitrogens with zero attached hydrogens (tertiary/aromatic N) is 3. The summed E-state index contributed by atoms with van der Waals surface area (Å²) in [7, 11) is 0. The van der Waals surface area contributed by atoms with E-state index >= 15 is 0 Å². The van der Waals surface area contributed by atoms with E-state index in [9.17, 15) is 27.6 Å². The van der Waals surface area contributed by atoms with E-state index in [1.165, 1.54) is 11.6 Å². The first-order chi connectivity index (χ1) is 14.1. The van der Waals surface area contributed by atoms with Crippen molar-refractivity contribution in [2.24, 2.45) is 0 Å². The van der Waals surface area contributed by atoms with E-state index in [2.05, 4.69) is 9.94 Å². The summed E-state index contributed by atoms with van der Waals surface area (Å²) in [6.45, 7) is 3.80. The van der Waals surface area contributed by atoms with Crippen molar-refractivity contribution in [3.05, 3.63) is 23.5 Å². The monoisotopic (exact) mass is 449 g/mol. The molecule has 0 fully saturated rings. The average Bonchev–Trinajstić information content (AvgIpc) is 3.00. The minimum atomic E-state index is -5.07. The van der Waals surface area contributed by atoms with Crippen molar-refractivity contribution in [1.82, 2.24) is 14.8 Å². The lowest BCUT2D eigenvalue weighted by Crippen LogP contribution is -2.38. The lowest BCUT2D eigenvalue weighted by atomic mass is 10.1. The zero-order valence-corrected chi connectivity index (χ0v) is 17.3. The number of thioether (sulfide) groups is 1. The summed E-state index contributed by atoms with van der Waals surface area (Å²) in [4.78, 5) is 39.1. The Balaban J connectivity index is 2.06. The lowest BCUT2D eigenvalue weighted by Gasteiger charge is -2.26. The van der Waals surface area contributed by atoms with E-state index in [1.807, 2.05) is 6.08 Å². The molecule has 0 aliphatic carbocycles. The highest BCUT2D eigenvalue weighted by Crippen LogP contribution is 2.26. The van der Waals surface area contributed by atoms with Crippen LogP contribution in [0.25, 0.3) is 0 Å². The minimum absolute atomic E-state index is 0.00167. The number of hydrogen-bond donors (Lipinski definition) is 0. The number of hydroxylamine groups is 2. The molecule has 0 atom stereocenters. The first-order valence-electron chi connectivity index (χ1n) is 9.20. The van der Waals surface area contributed by atoms with Gasteiger partial charge in [-0.15, -0.1) is 5.06 Å². The SMILES string of the molecule is CCOC(=O)CCn1cc(SC(C)=O)c(CC2=CCCN(OC(=O)C(F)(F)F)C2)n1. The number of alkyl halides is 3. The molecule has 1 aromatic rings. The van der Waals surface area contributed by atoms with Crippen LogP contribution in [0.5, 0.6) is 0 Å². The van der Waals surface area contributed by atoms with Gasteiger partial charge in [-0.05, 0) is 25.1 Å². The van der Waals surface area contributed by atoms with E-state index in [-0.39, 0.29) is 50.2 Å². The van der Waals surface area contributed by atoms with Gasteiger partial charge in [-0.25, -0.2) is 4.79 Å². The van der Waals surface area contributed by atoms with E-state index < -0.39 is 12.1 Å². The van der Waals surface area contributed by atoms with Gasteiger partial charge < -0.3 is 9.57 Å². The summed E-state index contributed by atoms with van der Waals surface area (Å²) >= 11 is 0.980. The number of aromatic nitrogens is 2. The van der Waals surface area contributed by atoms with Crippen LogP contribution < -0.4 is 0 Å². The zero-order valence-electron chi connectivity index (χ0n) is 16.5. The van der Waals surface area contributed by atoms with Crippen LogP contribution in [0, 0.1) is 0 Å². The molecule has 12 heteroatoms. The molecule has 0 saturated heterocycles. The highest BCUT2D eigenvalue weighted by Gasteiger charge is 2.42. The number of aryl methyl sites for hydroxylation is 1. The Labute approximate surface area is 175 Å². The van der Waals surface area contributed by atoms with E-state index in [1.54, 1.807) is 13.1 Å². The Morgan fingerprint density at radius 3 is 2.67 bits per heavy atom. The largest absolute Gasteiger partial charge is 0.492 e. The van der Waals surface area contributed by atoms with Gasteiger partial charge in [0.05, 0.1) is 36.7 Å². The highest BCUT2D eigenvalue weighted by atomic mass is 32.2. The second-order valence-electron chi connectivity index (χ2n) is 6.42. The van der Waals surface area contributed by atoms with E-state index in [0.717, 1.165) is 16.8 Å². The molecule has 1 aliphatic heterocycles. The molecule has 0 bridgehead atoms. The molecule has 0 N–H and O–H groups in total. The van der Waals surface area contributed by atoms with Crippen molar-refractivity contribution in [2.45, 2.75) is 50.7 Å². The van der Waals surface area contributed by atoms with Crippen molar-refractivity contribution in [3.8, 4) is 0 Å². The molecule has 30 heavy (non-hydrogen) atoms. The molecule has 0 radical (unpaired) electrons. The topological polar surface area (TPSA) is 90.7 Å². The smallest absolute Gasteiger partial charge is 0.466 e. The van der Waals surface area contributed by atoms with Crippen molar-refractivity contribution in [3.63, 3.8) is 0 Å². The normalized spacial score (nSPS) is 14.9. The fourth-order valence-electron chi connectivity index (χ4n) is 2.73. The van der Waals surface area contributed by atoms with Crippen LogP contribution in [0.3, 0.4) is 0 Å². The molecular weight excluding hydrogens is 427 g/mol. The molecule has 0 saturated carbocycles. The summed E-state index contributed by atoms with van der Waals surface area (Å²) < 4.78 is 43.6. The number of ether oxygens (including phenoxy) is 1. The summed E-state index contributed by atoms with van der Waals surface area (Å²) in [6.07, 6.45) is -0.794. The third-order valence-electron chi connectivity index (χ3n) is 3.93. The van der Waals surface area contributed by atoms with Gasteiger partial charge in [0.15, 0.2) is 5.12 Å². The van der Waals surface area contributed by atoms with Gasteiger partial charge >= 0.3 is 18.1 Å². The molecule has 166 valence electrons. The average molecular weight is 449 g/mol. The number of carbonyl (C=O) groups is 3. The number of halogens is 3. The van der Waals surface area contributed by atoms with E-state index in [0.29, 0.717) is 22.6 Å². The predicted octanol–water partition coefficient (Wildman–Crippen LogP) is 2.67. The summed E-state index contributed by atoms with van der Waals surface area (Å²) in [5.41, 5.74) is 1.26. The van der Waals surface area contributed by atoms with Crippen molar-refractivity contribution < 1.29 is 37.1 Å². The minimum Gasteiger partial charge on any atom is -0.466 e. The standard InChI is InChI=1S/C18H22F3N3O5S/c1-3-28-16(26)6-8-23-11-15(30-12(2)25)14(22-23)9-13-5-4-7-24(10-13)29-17(27)18(19,20)21/h5,11H,3-4,6-10H2,1-2H3. The third kappa shape index (κ3) is 7.48. The van der Waals surface area contributed by atoms with Gasteiger partial charge in [0.25, 0.3) is 0 Å². The Morgan fingerprint density at radius 2 is 2.03 bits per heavy atom. The fourth-order valence-corrected chi connectivity index (χ4v) is 3.45. The van der Waals surface area contributed by atoms with Crippen LogP contribution in [0.2, 0.25) is 0 Å². The number of esters is 1. The summed E-state index contributed by atoms with van der Waals surface area (Å²) in [5.74, 6) is -2.63. The highest BCUT2D eigenvalue weighted by molar-refractivity contribution is 8.13. The quantitative estimate of drug-likeness (QED) is 0.340. The maximum absolute atomic E-state index is 12.4. The second-order valence-corrected chi connectivity index (χ2v) is 7.64. The molecule has 8 nitrogen and oxygen atoms in total. The van der Waals surface area contributed by atoms with Gasteiger partial charge in [0, 0.05) is 26.1 Å². The molecule has 0 spiro atoms. The van der Waals surface area contributed by atoms with Crippen LogP contribution in [0.4, 0.5) is 13.2 Å². The van der Waals surface area contributed by atoms with Crippen LogP contribution >= 0.6 is 11.8 Å². The second kappa shape index (κ2) is 10.6. The van der Waals surface area contributed by atoms with Gasteiger partial charge in [0.2, 0.25) is 0 Å². The Morgan fingerprint density at radius 1 is 1.30 bits per heavy atom. The molecule has 1 aliphatic rings. The van der Waals surface area contributed by atoms with Crippen LogP contribution in [0.15, 0.2) is 22.7 Å². The molecule has 2 rings (SSSR count). The molecule has 0 amide bonds. The number of hydrogen-bond acceptors (Lipinski definition) is 8.